The van der Waals surface area contributed by atoms with E-state index < -0.39 is 0 Å². The Kier molecular flexibility index (Phi) is 6.92. The lowest BCUT2D eigenvalue weighted by molar-refractivity contribution is -0.135. The lowest BCUT2D eigenvalue weighted by Gasteiger charge is -2.31. The molecule has 5 nitrogen and oxygen atoms in total. The van der Waals surface area contributed by atoms with Gasteiger partial charge in [0.1, 0.15) is 0 Å². The number of morpholine rings is 1. The molecule has 1 aliphatic rings. The molecule has 1 N–H and O–H groups in total. The minimum Gasteiger partial charge on any atom is -0.378 e. The molecule has 0 aliphatic carbocycles. The van der Waals surface area contributed by atoms with Gasteiger partial charge in [0.05, 0.1) is 24.2 Å². The molecule has 0 unspecified atom stereocenters. The molecule has 2 rings (SSSR count). The highest BCUT2D eigenvalue weighted by molar-refractivity contribution is 8.01. The predicted octanol–water partition coefficient (Wildman–Crippen LogP) is 2.24. The Morgan fingerprint density at radius 1 is 1.22 bits per heavy atom. The van der Waals surface area contributed by atoms with E-state index in [2.05, 4.69) is 5.32 Å². The average molecular weight is 336 g/mol. The van der Waals surface area contributed by atoms with Gasteiger partial charge in [0.25, 0.3) is 0 Å². The summed E-state index contributed by atoms with van der Waals surface area (Å²) >= 11 is 1.41. The Morgan fingerprint density at radius 3 is 2.48 bits per heavy atom. The van der Waals surface area contributed by atoms with Gasteiger partial charge in [-0.25, -0.2) is 0 Å². The maximum Gasteiger partial charge on any atom is 0.236 e. The van der Waals surface area contributed by atoms with Crippen molar-refractivity contribution in [3.8, 4) is 0 Å². The zero-order chi connectivity index (χ0) is 16.7. The largest absolute Gasteiger partial charge is 0.378 e. The van der Waals surface area contributed by atoms with Crippen molar-refractivity contribution in [1.29, 1.82) is 0 Å². The van der Waals surface area contributed by atoms with Gasteiger partial charge in [-0.2, -0.15) is 0 Å². The standard InChI is InChI=1S/C17H24N2O3S/c1-13(2)16(17(21)19-8-10-22-11-9-19)23-12-15(20)18-14-6-4-3-5-7-14/h3-7,13,16H,8-12H2,1-2H3,(H,18,20)/t16-/m0/s1. The minimum atomic E-state index is -0.199. The highest BCUT2D eigenvalue weighted by Crippen LogP contribution is 2.23. The number of ether oxygens (including phenoxy) is 1. The van der Waals surface area contributed by atoms with E-state index in [0.717, 1.165) is 5.69 Å². The zero-order valence-electron chi connectivity index (χ0n) is 13.7. The molecule has 2 amide bonds. The van der Waals surface area contributed by atoms with Crippen LogP contribution < -0.4 is 5.32 Å². The minimum absolute atomic E-state index is 0.0818. The van der Waals surface area contributed by atoms with Crippen LogP contribution in [0.15, 0.2) is 30.3 Å². The number of amides is 2. The molecule has 0 saturated carbocycles. The first-order valence-electron chi connectivity index (χ1n) is 7.91. The van der Waals surface area contributed by atoms with E-state index in [-0.39, 0.29) is 28.7 Å². The van der Waals surface area contributed by atoms with E-state index in [9.17, 15) is 9.59 Å². The van der Waals surface area contributed by atoms with Crippen molar-refractivity contribution in [1.82, 2.24) is 4.90 Å². The van der Waals surface area contributed by atoms with Gasteiger partial charge in [-0.15, -0.1) is 11.8 Å². The van der Waals surface area contributed by atoms with E-state index >= 15 is 0 Å². The molecule has 6 heteroatoms. The van der Waals surface area contributed by atoms with Crippen molar-refractivity contribution < 1.29 is 14.3 Å². The summed E-state index contributed by atoms with van der Waals surface area (Å²) in [5, 5.41) is 2.65. The third-order valence-electron chi connectivity index (χ3n) is 3.62. The topological polar surface area (TPSA) is 58.6 Å². The predicted molar refractivity (Wildman–Crippen MR) is 93.6 cm³/mol. The lowest BCUT2D eigenvalue weighted by atomic mass is 10.1. The highest BCUT2D eigenvalue weighted by Gasteiger charge is 2.29. The maximum atomic E-state index is 12.6. The summed E-state index contributed by atoms with van der Waals surface area (Å²) in [4.78, 5) is 26.5. The first kappa shape index (κ1) is 17.8. The number of carbonyl (C=O) groups is 2. The first-order chi connectivity index (χ1) is 11.1. The van der Waals surface area contributed by atoms with Crippen molar-refractivity contribution in [2.45, 2.75) is 19.1 Å². The molecule has 0 radical (unpaired) electrons. The molecule has 0 bridgehead atoms. The number of anilines is 1. The molecular formula is C17H24N2O3S. The summed E-state index contributed by atoms with van der Waals surface area (Å²) in [6.45, 7) is 6.50. The fourth-order valence-electron chi connectivity index (χ4n) is 2.40. The van der Waals surface area contributed by atoms with Crippen molar-refractivity contribution in [2.75, 3.05) is 37.4 Å². The first-order valence-corrected chi connectivity index (χ1v) is 8.96. The molecule has 1 heterocycles. The summed E-state index contributed by atoms with van der Waals surface area (Å²) in [6.07, 6.45) is 0. The van der Waals surface area contributed by atoms with E-state index in [4.69, 9.17) is 4.74 Å². The third kappa shape index (κ3) is 5.55. The number of carbonyl (C=O) groups excluding carboxylic acids is 2. The van der Waals surface area contributed by atoms with Crippen molar-refractivity contribution in [3.05, 3.63) is 30.3 Å². The van der Waals surface area contributed by atoms with Crippen LogP contribution in [-0.4, -0.2) is 54.0 Å². The van der Waals surface area contributed by atoms with Gasteiger partial charge < -0.3 is 15.0 Å². The molecule has 23 heavy (non-hydrogen) atoms. The number of benzene rings is 1. The molecule has 0 spiro atoms. The van der Waals surface area contributed by atoms with Crippen molar-refractivity contribution in [2.24, 2.45) is 5.92 Å². The Morgan fingerprint density at radius 2 is 1.87 bits per heavy atom. The molecule has 1 fully saturated rings. The number of rotatable bonds is 6. The second-order valence-electron chi connectivity index (χ2n) is 5.83. The SMILES string of the molecule is CC(C)[C@H](SCC(=O)Nc1ccccc1)C(=O)N1CCOCC1. The monoisotopic (exact) mass is 336 g/mol. The second kappa shape index (κ2) is 8.93. The molecule has 1 aromatic rings. The Labute approximate surface area is 141 Å². The number of nitrogens with one attached hydrogen (secondary N) is 1. The number of hydrogen-bond acceptors (Lipinski definition) is 4. The summed E-state index contributed by atoms with van der Waals surface area (Å²) < 4.78 is 5.29. The van der Waals surface area contributed by atoms with Crippen LogP contribution in [0.2, 0.25) is 0 Å². The Hall–Kier alpha value is -1.53. The van der Waals surface area contributed by atoms with Crippen LogP contribution in [0.5, 0.6) is 0 Å². The molecule has 1 atom stereocenters. The van der Waals surface area contributed by atoms with E-state index in [1.807, 2.05) is 49.1 Å². The van der Waals surface area contributed by atoms with Crippen LogP contribution in [-0.2, 0) is 14.3 Å². The van der Waals surface area contributed by atoms with Crippen LogP contribution in [0, 0.1) is 5.92 Å². The van der Waals surface area contributed by atoms with Gasteiger partial charge >= 0.3 is 0 Å². The third-order valence-corrected chi connectivity index (χ3v) is 5.16. The fraction of sp³-hybridized carbons (Fsp3) is 0.529. The van der Waals surface area contributed by atoms with E-state index in [1.54, 1.807) is 0 Å². The molecule has 0 aromatic heterocycles. The molecule has 1 aromatic carbocycles. The van der Waals surface area contributed by atoms with Crippen LogP contribution in [0.25, 0.3) is 0 Å². The number of nitrogens with zero attached hydrogens (tertiary/aromatic N) is 1. The van der Waals surface area contributed by atoms with Gasteiger partial charge in [0.2, 0.25) is 11.8 Å². The second-order valence-corrected chi connectivity index (χ2v) is 6.96. The van der Waals surface area contributed by atoms with E-state index in [0.29, 0.717) is 26.3 Å². The molecule has 126 valence electrons. The zero-order valence-corrected chi connectivity index (χ0v) is 14.5. The lowest BCUT2D eigenvalue weighted by Crippen LogP contribution is -2.46. The Balaban J connectivity index is 1.86. The highest BCUT2D eigenvalue weighted by atomic mass is 32.2. The smallest absolute Gasteiger partial charge is 0.236 e. The van der Waals surface area contributed by atoms with Crippen molar-refractivity contribution in [3.63, 3.8) is 0 Å². The van der Waals surface area contributed by atoms with Gasteiger partial charge in [0.15, 0.2) is 0 Å². The van der Waals surface area contributed by atoms with Crippen LogP contribution in [0.4, 0.5) is 5.69 Å². The fourth-order valence-corrected chi connectivity index (χ4v) is 3.48. The van der Waals surface area contributed by atoms with Gasteiger partial charge in [-0.3, -0.25) is 9.59 Å². The summed E-state index contributed by atoms with van der Waals surface area (Å²) in [7, 11) is 0. The molecular weight excluding hydrogens is 312 g/mol. The van der Waals surface area contributed by atoms with Crippen LogP contribution in [0.1, 0.15) is 13.8 Å². The summed E-state index contributed by atoms with van der Waals surface area (Å²) in [5.41, 5.74) is 0.777. The van der Waals surface area contributed by atoms with Gasteiger partial charge in [0, 0.05) is 18.8 Å². The Bertz CT molecular complexity index is 516. The normalized spacial score (nSPS) is 16.2. The van der Waals surface area contributed by atoms with Gasteiger partial charge in [-0.05, 0) is 18.1 Å². The summed E-state index contributed by atoms with van der Waals surface area (Å²) in [6, 6.07) is 9.35. The number of para-hydroxylation sites is 1. The van der Waals surface area contributed by atoms with Crippen molar-refractivity contribution >= 4 is 29.3 Å². The quantitative estimate of drug-likeness (QED) is 0.865. The van der Waals surface area contributed by atoms with E-state index in [1.165, 1.54) is 11.8 Å². The molecule has 1 aliphatic heterocycles. The number of thioether (sulfide) groups is 1. The van der Waals surface area contributed by atoms with Crippen LogP contribution >= 0.6 is 11.8 Å². The molecule has 1 saturated heterocycles. The van der Waals surface area contributed by atoms with Gasteiger partial charge in [-0.1, -0.05) is 32.0 Å². The number of hydrogen-bond donors (Lipinski definition) is 1. The summed E-state index contributed by atoms with van der Waals surface area (Å²) in [5.74, 6) is 0.482. The average Bonchev–Trinajstić information content (AvgIpc) is 2.56. The maximum absolute atomic E-state index is 12.6. The van der Waals surface area contributed by atoms with Crippen LogP contribution in [0.3, 0.4) is 0 Å².